The van der Waals surface area contributed by atoms with Gasteiger partial charge in [0, 0.05) is 11.8 Å². The van der Waals surface area contributed by atoms with Crippen LogP contribution in [0.5, 0.6) is 0 Å². The van der Waals surface area contributed by atoms with Gasteiger partial charge in [-0.05, 0) is 36.4 Å². The Hall–Kier alpha value is -2.23. The van der Waals surface area contributed by atoms with Crippen LogP contribution in [0.1, 0.15) is 20.8 Å². The van der Waals surface area contributed by atoms with Crippen molar-refractivity contribution >= 4 is 12.1 Å². The number of nitrogens with zero attached hydrogens (tertiary/aromatic N) is 1. The number of benzene rings is 1. The first kappa shape index (κ1) is 11.3. The number of carbonyl (C=O) groups is 2. The molecule has 0 aliphatic carbocycles. The Morgan fingerprint density at radius 2 is 1.94 bits per heavy atom. The van der Waals surface area contributed by atoms with E-state index in [-0.39, 0.29) is 18.1 Å². The normalized spacial score (nSPS) is 10.2. The molecule has 2 aromatic rings. The summed E-state index contributed by atoms with van der Waals surface area (Å²) in [7, 11) is 0. The van der Waals surface area contributed by atoms with Crippen LogP contribution in [0, 0.1) is 5.82 Å². The number of aromatic nitrogens is 1. The molecule has 0 saturated heterocycles. The molecule has 0 bridgehead atoms. The second-order valence-electron chi connectivity index (χ2n) is 3.61. The first-order valence-corrected chi connectivity index (χ1v) is 5.10. The van der Waals surface area contributed by atoms with Crippen LogP contribution >= 0.6 is 0 Å². The molecule has 0 aliphatic heterocycles. The van der Waals surface area contributed by atoms with Gasteiger partial charge in [-0.1, -0.05) is 0 Å². The van der Waals surface area contributed by atoms with Gasteiger partial charge in [-0.15, -0.1) is 0 Å². The molecule has 1 aromatic carbocycles. The molecular weight excluding hydrogens is 221 g/mol. The van der Waals surface area contributed by atoms with E-state index in [0.29, 0.717) is 17.5 Å². The van der Waals surface area contributed by atoms with Gasteiger partial charge in [0.2, 0.25) is 0 Å². The van der Waals surface area contributed by atoms with E-state index in [1.165, 1.54) is 24.3 Å². The van der Waals surface area contributed by atoms with Crippen molar-refractivity contribution in [2.75, 3.05) is 0 Å². The summed E-state index contributed by atoms with van der Waals surface area (Å²) in [5.41, 5.74) is 0.873. The molecule has 86 valence electrons. The largest absolute Gasteiger partial charge is 0.338 e. The maximum absolute atomic E-state index is 12.7. The lowest BCUT2D eigenvalue weighted by atomic mass is 10.1. The third-order valence-corrected chi connectivity index (χ3v) is 2.47. The molecule has 0 radical (unpaired) electrons. The first-order chi connectivity index (χ1) is 8.20. The molecule has 2 rings (SSSR count). The number of carbonyl (C=O) groups excluding carboxylic acids is 2. The van der Waals surface area contributed by atoms with Crippen molar-refractivity contribution in [1.29, 1.82) is 0 Å². The molecule has 0 fully saturated rings. The van der Waals surface area contributed by atoms with Crippen LogP contribution in [0.15, 0.2) is 42.6 Å². The van der Waals surface area contributed by atoms with Crippen LogP contribution in [0.2, 0.25) is 0 Å². The van der Waals surface area contributed by atoms with E-state index in [0.717, 1.165) is 0 Å². The third-order valence-electron chi connectivity index (χ3n) is 2.47. The van der Waals surface area contributed by atoms with Crippen molar-refractivity contribution in [3.05, 3.63) is 59.7 Å². The highest BCUT2D eigenvalue weighted by Crippen LogP contribution is 2.07. The van der Waals surface area contributed by atoms with Crippen LogP contribution in [-0.2, 0) is 6.54 Å². The molecule has 0 amide bonds. The zero-order chi connectivity index (χ0) is 12.3. The van der Waals surface area contributed by atoms with E-state index in [1.54, 1.807) is 22.9 Å². The van der Waals surface area contributed by atoms with Crippen molar-refractivity contribution in [3.8, 4) is 0 Å². The molecule has 1 heterocycles. The molecule has 4 heteroatoms. The number of Topliss-reactive ketones (excluding diaryl/α,β-unsaturated/α-hetero) is 1. The number of halogens is 1. The third kappa shape index (κ3) is 2.47. The van der Waals surface area contributed by atoms with Crippen molar-refractivity contribution in [3.63, 3.8) is 0 Å². The highest BCUT2D eigenvalue weighted by molar-refractivity contribution is 5.96. The second kappa shape index (κ2) is 4.74. The van der Waals surface area contributed by atoms with Crippen LogP contribution < -0.4 is 0 Å². The highest BCUT2D eigenvalue weighted by Gasteiger charge is 2.08. The molecule has 0 N–H and O–H groups in total. The van der Waals surface area contributed by atoms with Gasteiger partial charge in [-0.2, -0.15) is 0 Å². The van der Waals surface area contributed by atoms with Gasteiger partial charge in [-0.25, -0.2) is 4.39 Å². The van der Waals surface area contributed by atoms with E-state index >= 15 is 0 Å². The summed E-state index contributed by atoms with van der Waals surface area (Å²) >= 11 is 0. The molecular formula is C13H10FNO2. The topological polar surface area (TPSA) is 39.1 Å². The van der Waals surface area contributed by atoms with E-state index in [4.69, 9.17) is 0 Å². The van der Waals surface area contributed by atoms with E-state index < -0.39 is 0 Å². The Labute approximate surface area is 97.5 Å². The summed E-state index contributed by atoms with van der Waals surface area (Å²) in [4.78, 5) is 22.5. The number of hydrogen-bond donors (Lipinski definition) is 0. The van der Waals surface area contributed by atoms with Gasteiger partial charge < -0.3 is 4.57 Å². The maximum Gasteiger partial charge on any atom is 0.182 e. The van der Waals surface area contributed by atoms with Gasteiger partial charge in [0.05, 0.1) is 12.2 Å². The summed E-state index contributed by atoms with van der Waals surface area (Å²) in [6.45, 7) is 0.0761. The van der Waals surface area contributed by atoms with Crippen molar-refractivity contribution in [1.82, 2.24) is 4.57 Å². The Balaban J connectivity index is 2.17. The minimum Gasteiger partial charge on any atom is -0.338 e. The Kier molecular flexibility index (Phi) is 3.14. The van der Waals surface area contributed by atoms with Crippen LogP contribution in [0.3, 0.4) is 0 Å². The quantitative estimate of drug-likeness (QED) is 0.598. The first-order valence-electron chi connectivity index (χ1n) is 5.10. The smallest absolute Gasteiger partial charge is 0.182 e. The number of hydrogen-bond acceptors (Lipinski definition) is 2. The molecule has 3 nitrogen and oxygen atoms in total. The second-order valence-corrected chi connectivity index (χ2v) is 3.61. The van der Waals surface area contributed by atoms with Crippen molar-refractivity contribution in [2.24, 2.45) is 0 Å². The van der Waals surface area contributed by atoms with Gasteiger partial charge in [0.25, 0.3) is 0 Å². The SMILES string of the molecule is O=Cc1cccn1CC(=O)c1ccc(F)cc1. The molecule has 17 heavy (non-hydrogen) atoms. The fourth-order valence-electron chi connectivity index (χ4n) is 1.56. The van der Waals surface area contributed by atoms with Gasteiger partial charge in [0.15, 0.2) is 12.1 Å². The number of aldehydes is 1. The zero-order valence-electron chi connectivity index (χ0n) is 8.97. The van der Waals surface area contributed by atoms with Crippen LogP contribution in [0.25, 0.3) is 0 Å². The molecule has 0 aliphatic rings. The fourth-order valence-corrected chi connectivity index (χ4v) is 1.56. The predicted octanol–water partition coefficient (Wildman–Crippen LogP) is 2.32. The monoisotopic (exact) mass is 231 g/mol. The van der Waals surface area contributed by atoms with Gasteiger partial charge in [0.1, 0.15) is 5.82 Å². The van der Waals surface area contributed by atoms with Gasteiger partial charge >= 0.3 is 0 Å². The predicted molar refractivity (Wildman–Crippen MR) is 60.6 cm³/mol. The number of rotatable bonds is 4. The average molecular weight is 231 g/mol. The maximum atomic E-state index is 12.7. The zero-order valence-corrected chi connectivity index (χ0v) is 8.97. The summed E-state index contributed by atoms with van der Waals surface area (Å²) in [6, 6.07) is 8.67. The Morgan fingerprint density at radius 3 is 2.59 bits per heavy atom. The molecule has 0 unspecified atom stereocenters. The molecule has 0 saturated carbocycles. The lowest BCUT2D eigenvalue weighted by Gasteiger charge is -2.04. The fraction of sp³-hybridized carbons (Fsp3) is 0.0769. The lowest BCUT2D eigenvalue weighted by Crippen LogP contribution is -2.11. The van der Waals surface area contributed by atoms with Crippen molar-refractivity contribution in [2.45, 2.75) is 6.54 Å². The summed E-state index contributed by atoms with van der Waals surface area (Å²) in [6.07, 6.45) is 2.35. The standard InChI is InChI=1S/C13H10FNO2/c14-11-5-3-10(4-6-11)13(17)8-15-7-1-2-12(15)9-16/h1-7,9H,8H2. The van der Waals surface area contributed by atoms with Gasteiger partial charge in [-0.3, -0.25) is 9.59 Å². The summed E-state index contributed by atoms with van der Waals surface area (Å²) in [5.74, 6) is -0.541. The minimum atomic E-state index is -0.379. The van der Waals surface area contributed by atoms with Crippen LogP contribution in [-0.4, -0.2) is 16.6 Å². The van der Waals surface area contributed by atoms with Crippen molar-refractivity contribution < 1.29 is 14.0 Å². The summed E-state index contributed by atoms with van der Waals surface area (Å²) in [5, 5.41) is 0. The number of ketones is 1. The molecule has 1 aromatic heterocycles. The molecule has 0 atom stereocenters. The lowest BCUT2D eigenvalue weighted by molar-refractivity contribution is 0.0970. The Bertz CT molecular complexity index is 543. The average Bonchev–Trinajstić information content (AvgIpc) is 2.77. The molecule has 0 spiro atoms. The van der Waals surface area contributed by atoms with E-state index in [2.05, 4.69) is 0 Å². The minimum absolute atomic E-state index is 0.0761. The van der Waals surface area contributed by atoms with E-state index in [9.17, 15) is 14.0 Å². The van der Waals surface area contributed by atoms with E-state index in [1.807, 2.05) is 0 Å². The highest BCUT2D eigenvalue weighted by atomic mass is 19.1. The Morgan fingerprint density at radius 1 is 1.24 bits per heavy atom. The van der Waals surface area contributed by atoms with Crippen LogP contribution in [0.4, 0.5) is 4.39 Å². The summed E-state index contributed by atoms with van der Waals surface area (Å²) < 4.78 is 14.2.